The molecule has 0 bridgehead atoms. The van der Waals surface area contributed by atoms with Crippen LogP contribution in [0.5, 0.6) is 0 Å². The molecular weight excluding hydrogens is 254 g/mol. The van der Waals surface area contributed by atoms with E-state index in [9.17, 15) is 0 Å². The van der Waals surface area contributed by atoms with Crippen molar-refractivity contribution in [2.24, 2.45) is 17.8 Å². The van der Waals surface area contributed by atoms with Crippen LogP contribution >= 0.6 is 0 Å². The van der Waals surface area contributed by atoms with Gasteiger partial charge in [0, 0.05) is 25.6 Å². The van der Waals surface area contributed by atoms with Crippen molar-refractivity contribution in [3.63, 3.8) is 0 Å². The van der Waals surface area contributed by atoms with Crippen LogP contribution in [0, 0.1) is 17.8 Å². The molecule has 0 amide bonds. The highest BCUT2D eigenvalue weighted by molar-refractivity contribution is 5.26. The van der Waals surface area contributed by atoms with E-state index in [0.717, 1.165) is 43.1 Å². The summed E-state index contributed by atoms with van der Waals surface area (Å²) in [6, 6.07) is 0.690. The first kappa shape index (κ1) is 13.9. The zero-order chi connectivity index (χ0) is 14.1. The van der Waals surface area contributed by atoms with Crippen LogP contribution in [0.2, 0.25) is 0 Å². The average Bonchev–Trinajstić information content (AvgIpc) is 3.03. The Morgan fingerprint density at radius 1 is 1.35 bits per heavy atom. The molecule has 2 atom stereocenters. The maximum absolute atomic E-state index is 8.99. The van der Waals surface area contributed by atoms with Gasteiger partial charge in [-0.2, -0.15) is 4.98 Å². The lowest BCUT2D eigenvalue weighted by Crippen LogP contribution is -2.34. The van der Waals surface area contributed by atoms with Gasteiger partial charge >= 0.3 is 6.01 Å². The first-order valence-corrected chi connectivity index (χ1v) is 7.88. The lowest BCUT2D eigenvalue weighted by atomic mass is 9.91. The molecule has 1 N–H and O–H groups in total. The molecule has 2 fully saturated rings. The van der Waals surface area contributed by atoms with E-state index in [1.165, 1.54) is 19.3 Å². The van der Waals surface area contributed by atoms with E-state index < -0.39 is 0 Å². The molecule has 1 saturated carbocycles. The number of piperidine rings is 1. The maximum Gasteiger partial charge on any atom is 0.324 e. The standard InChI is InChI=1S/C15H25N3O2/c1-10(2)14-16-15(20-17-14)18-6-3-11(4-7-18)13-9-12(13)5-8-19/h10-13,19H,3-9H2,1-2H3/t12-,13?/m1/s1. The molecule has 2 aliphatic rings. The molecule has 112 valence electrons. The zero-order valence-electron chi connectivity index (χ0n) is 12.5. The fourth-order valence-corrected chi connectivity index (χ4v) is 3.45. The first-order valence-electron chi connectivity index (χ1n) is 7.88. The van der Waals surface area contributed by atoms with Crippen LogP contribution in [0.15, 0.2) is 4.52 Å². The largest absolute Gasteiger partial charge is 0.396 e. The van der Waals surface area contributed by atoms with Gasteiger partial charge in [-0.05, 0) is 43.4 Å². The monoisotopic (exact) mass is 279 g/mol. The van der Waals surface area contributed by atoms with Crippen molar-refractivity contribution in [1.29, 1.82) is 0 Å². The second-order valence-electron chi connectivity index (χ2n) is 6.59. The number of hydrogen-bond acceptors (Lipinski definition) is 5. The van der Waals surface area contributed by atoms with Crippen LogP contribution in [0.1, 0.15) is 51.3 Å². The zero-order valence-corrected chi connectivity index (χ0v) is 12.5. The summed E-state index contributed by atoms with van der Waals surface area (Å²) in [5, 5.41) is 13.0. The molecule has 1 saturated heterocycles. The number of rotatable bonds is 5. The molecule has 1 aliphatic carbocycles. The number of aliphatic hydroxyl groups excluding tert-OH is 1. The van der Waals surface area contributed by atoms with E-state index in [1.807, 2.05) is 0 Å². The molecule has 5 heteroatoms. The third-order valence-corrected chi connectivity index (χ3v) is 4.84. The Morgan fingerprint density at radius 2 is 2.10 bits per heavy atom. The Hall–Kier alpha value is -1.10. The molecule has 20 heavy (non-hydrogen) atoms. The molecule has 0 radical (unpaired) electrons. The summed E-state index contributed by atoms with van der Waals surface area (Å²) in [6.07, 6.45) is 4.74. The van der Waals surface area contributed by atoms with Gasteiger partial charge in [-0.25, -0.2) is 0 Å². The molecule has 3 rings (SSSR count). The number of anilines is 1. The second-order valence-corrected chi connectivity index (χ2v) is 6.59. The van der Waals surface area contributed by atoms with Crippen molar-refractivity contribution < 1.29 is 9.63 Å². The molecule has 2 heterocycles. The molecule has 1 aliphatic heterocycles. The predicted molar refractivity (Wildman–Crippen MR) is 76.6 cm³/mol. The molecule has 0 aromatic carbocycles. The lowest BCUT2D eigenvalue weighted by molar-refractivity contribution is 0.265. The van der Waals surface area contributed by atoms with E-state index in [1.54, 1.807) is 0 Å². The van der Waals surface area contributed by atoms with E-state index in [2.05, 4.69) is 28.9 Å². The van der Waals surface area contributed by atoms with Crippen LogP contribution in [0.25, 0.3) is 0 Å². The summed E-state index contributed by atoms with van der Waals surface area (Å²) in [5.41, 5.74) is 0. The lowest BCUT2D eigenvalue weighted by Gasteiger charge is -2.30. The van der Waals surface area contributed by atoms with Gasteiger partial charge in [0.2, 0.25) is 0 Å². The summed E-state index contributed by atoms with van der Waals surface area (Å²) in [6.45, 7) is 6.55. The van der Waals surface area contributed by atoms with Crippen molar-refractivity contribution in [2.75, 3.05) is 24.6 Å². The number of nitrogens with zero attached hydrogens (tertiary/aromatic N) is 3. The Morgan fingerprint density at radius 3 is 2.70 bits per heavy atom. The molecule has 5 nitrogen and oxygen atoms in total. The molecule has 0 spiro atoms. The average molecular weight is 279 g/mol. The van der Waals surface area contributed by atoms with Crippen molar-refractivity contribution in [3.05, 3.63) is 5.82 Å². The summed E-state index contributed by atoms with van der Waals surface area (Å²) < 4.78 is 5.37. The molecular formula is C15H25N3O2. The van der Waals surface area contributed by atoms with Crippen LogP contribution in [0.4, 0.5) is 6.01 Å². The summed E-state index contributed by atoms with van der Waals surface area (Å²) in [7, 11) is 0. The third-order valence-electron chi connectivity index (χ3n) is 4.84. The van der Waals surface area contributed by atoms with Crippen LogP contribution in [-0.2, 0) is 0 Å². The number of aliphatic hydroxyl groups is 1. The minimum Gasteiger partial charge on any atom is -0.396 e. The van der Waals surface area contributed by atoms with E-state index in [0.29, 0.717) is 18.5 Å². The minimum atomic E-state index is 0.316. The smallest absolute Gasteiger partial charge is 0.324 e. The third kappa shape index (κ3) is 2.82. The van der Waals surface area contributed by atoms with Gasteiger partial charge < -0.3 is 14.5 Å². The number of aromatic nitrogens is 2. The SMILES string of the molecule is CC(C)c1noc(N2CCC(C3C[C@H]3CCO)CC2)n1. The highest BCUT2D eigenvalue weighted by Gasteiger charge is 2.43. The van der Waals surface area contributed by atoms with Crippen molar-refractivity contribution in [1.82, 2.24) is 10.1 Å². The quantitative estimate of drug-likeness (QED) is 0.897. The van der Waals surface area contributed by atoms with E-state index in [4.69, 9.17) is 9.63 Å². The van der Waals surface area contributed by atoms with Gasteiger partial charge in [0.25, 0.3) is 0 Å². The van der Waals surface area contributed by atoms with Gasteiger partial charge in [-0.3, -0.25) is 0 Å². The Balaban J connectivity index is 1.51. The van der Waals surface area contributed by atoms with Gasteiger partial charge in [0.15, 0.2) is 5.82 Å². The highest BCUT2D eigenvalue weighted by Crippen LogP contribution is 2.49. The first-order chi connectivity index (χ1) is 9.69. The Bertz CT molecular complexity index is 438. The fraction of sp³-hybridized carbons (Fsp3) is 0.867. The molecule has 1 aromatic heterocycles. The molecule has 1 unspecified atom stereocenters. The topological polar surface area (TPSA) is 62.4 Å². The normalized spacial score (nSPS) is 27.3. The highest BCUT2D eigenvalue weighted by atomic mass is 16.5. The molecule has 1 aromatic rings. The van der Waals surface area contributed by atoms with Crippen LogP contribution in [-0.4, -0.2) is 34.9 Å². The second kappa shape index (κ2) is 5.72. The van der Waals surface area contributed by atoms with Gasteiger partial charge in [-0.1, -0.05) is 19.0 Å². The van der Waals surface area contributed by atoms with Crippen molar-refractivity contribution in [2.45, 2.75) is 45.4 Å². The summed E-state index contributed by atoms with van der Waals surface area (Å²) in [5.74, 6) is 3.59. The van der Waals surface area contributed by atoms with Gasteiger partial charge in [0.1, 0.15) is 0 Å². The van der Waals surface area contributed by atoms with Gasteiger partial charge in [-0.15, -0.1) is 0 Å². The van der Waals surface area contributed by atoms with Crippen LogP contribution in [0.3, 0.4) is 0 Å². The van der Waals surface area contributed by atoms with Crippen molar-refractivity contribution in [3.8, 4) is 0 Å². The maximum atomic E-state index is 8.99. The number of hydrogen-bond donors (Lipinski definition) is 1. The Kier molecular flexibility index (Phi) is 3.96. The summed E-state index contributed by atoms with van der Waals surface area (Å²) in [4.78, 5) is 6.70. The van der Waals surface area contributed by atoms with E-state index >= 15 is 0 Å². The van der Waals surface area contributed by atoms with E-state index in [-0.39, 0.29) is 0 Å². The van der Waals surface area contributed by atoms with Crippen LogP contribution < -0.4 is 4.90 Å². The van der Waals surface area contributed by atoms with Crippen molar-refractivity contribution >= 4 is 6.01 Å². The van der Waals surface area contributed by atoms with Gasteiger partial charge in [0.05, 0.1) is 0 Å². The Labute approximate surface area is 120 Å². The summed E-state index contributed by atoms with van der Waals surface area (Å²) >= 11 is 0. The predicted octanol–water partition coefficient (Wildman–Crippen LogP) is 2.43. The minimum absolute atomic E-state index is 0.316. The fourth-order valence-electron chi connectivity index (χ4n) is 3.45.